The lowest BCUT2D eigenvalue weighted by Crippen LogP contribution is -2.35. The normalized spacial score (nSPS) is 15.4. The Bertz CT molecular complexity index is 1350. The highest BCUT2D eigenvalue weighted by atomic mass is 32.2. The van der Waals surface area contributed by atoms with E-state index >= 15 is 0 Å². The average Bonchev–Trinajstić information content (AvgIpc) is 3.29. The zero-order valence-corrected chi connectivity index (χ0v) is 15.4. The second-order valence-corrected chi connectivity index (χ2v) is 8.11. The summed E-state index contributed by atoms with van der Waals surface area (Å²) in [5, 5.41) is 3.70. The molecule has 0 bridgehead atoms. The monoisotopic (exact) mass is 402 g/mol. The van der Waals surface area contributed by atoms with E-state index in [0.717, 1.165) is 10.6 Å². The van der Waals surface area contributed by atoms with Gasteiger partial charge in [0, 0.05) is 6.07 Å². The van der Waals surface area contributed by atoms with Gasteiger partial charge in [-0.15, -0.1) is 0 Å². The molecule has 1 aliphatic carbocycles. The zero-order chi connectivity index (χ0) is 20.1. The first-order valence-corrected chi connectivity index (χ1v) is 9.67. The molecule has 1 aromatic carbocycles. The Balaban J connectivity index is 1.79. The van der Waals surface area contributed by atoms with Gasteiger partial charge in [-0.3, -0.25) is 14.2 Å². The van der Waals surface area contributed by atoms with Crippen LogP contribution in [-0.2, 0) is 20.8 Å². The van der Waals surface area contributed by atoms with Gasteiger partial charge in [-0.1, -0.05) is 5.16 Å². The fourth-order valence-corrected chi connectivity index (χ4v) is 3.95. The number of rotatable bonds is 5. The van der Waals surface area contributed by atoms with Crippen LogP contribution in [0.25, 0.3) is 15.7 Å². The van der Waals surface area contributed by atoms with Crippen molar-refractivity contribution in [2.75, 3.05) is 0 Å². The molecule has 3 aromatic rings. The number of nitrogens with zero attached hydrogens (tertiary/aromatic N) is 3. The molecule has 0 spiro atoms. The third kappa shape index (κ3) is 3.12. The molecule has 1 saturated carbocycles. The van der Waals surface area contributed by atoms with Gasteiger partial charge in [0.05, 0.1) is 40.9 Å². The number of aromatic amines is 1. The van der Waals surface area contributed by atoms with Gasteiger partial charge in [0.25, 0.3) is 5.56 Å². The minimum absolute atomic E-state index is 0.00632. The third-order valence-electron chi connectivity index (χ3n) is 4.38. The lowest BCUT2D eigenvalue weighted by Gasteiger charge is -2.08. The molecule has 2 heterocycles. The quantitative estimate of drug-likeness (QED) is 0.501. The van der Waals surface area contributed by atoms with Gasteiger partial charge in [0.15, 0.2) is 5.76 Å². The summed E-state index contributed by atoms with van der Waals surface area (Å²) in [6.07, 6.45) is 0.667. The van der Waals surface area contributed by atoms with Gasteiger partial charge in [-0.05, 0) is 25.1 Å². The topological polar surface area (TPSA) is 129 Å². The smallest absolute Gasteiger partial charge is 0.351 e. The second-order valence-electron chi connectivity index (χ2n) is 6.56. The Hall–Kier alpha value is -3.23. The molecular formula is C17H14N4O6S. The lowest BCUT2D eigenvalue weighted by molar-refractivity contribution is 0.235. The first kappa shape index (κ1) is 18.1. The number of hydrogen-bond acceptors (Lipinski definition) is 7. The van der Waals surface area contributed by atoms with E-state index in [9.17, 15) is 18.0 Å². The van der Waals surface area contributed by atoms with Crippen molar-refractivity contribution in [3.8, 4) is 0 Å². The summed E-state index contributed by atoms with van der Waals surface area (Å²) in [7, 11) is -4.24. The van der Waals surface area contributed by atoms with Gasteiger partial charge >= 0.3 is 21.5 Å². The molecule has 2 aromatic heterocycles. The molecule has 0 aliphatic heterocycles. The van der Waals surface area contributed by atoms with Crippen LogP contribution in [0.2, 0.25) is 0 Å². The molecular weight excluding hydrogens is 388 g/mol. The first-order chi connectivity index (χ1) is 13.2. The fourth-order valence-electron chi connectivity index (χ4n) is 2.75. The van der Waals surface area contributed by atoms with E-state index < -0.39 is 27.1 Å². The Morgan fingerprint density at radius 2 is 2.11 bits per heavy atom. The van der Waals surface area contributed by atoms with Crippen LogP contribution in [0, 0.1) is 13.5 Å². The molecule has 10 nitrogen and oxygen atoms in total. The Kier molecular flexibility index (Phi) is 3.99. The third-order valence-corrected chi connectivity index (χ3v) is 5.74. The van der Waals surface area contributed by atoms with Gasteiger partial charge < -0.3 is 9.51 Å². The van der Waals surface area contributed by atoms with Gasteiger partial charge in [0.1, 0.15) is 0 Å². The molecule has 0 saturated heterocycles. The maximum atomic E-state index is 12.8. The molecule has 0 atom stereocenters. The summed E-state index contributed by atoms with van der Waals surface area (Å²) in [6, 6.07) is 5.25. The minimum atomic E-state index is -4.24. The standard InChI is InChI=1S/C17H14N4O6S/c1-10-7-11(26-20-10)9-21-15(22)13-8-12(3-4-14(13)19-16(21)23)28(24,25)27-17(18-2)5-6-17/h3-4,7-8H,5-6,9H2,1H3,(H,19,23). The van der Waals surface area contributed by atoms with Gasteiger partial charge in [-0.2, -0.15) is 12.6 Å². The predicted octanol–water partition coefficient (Wildman–Crippen LogP) is 1.15. The minimum Gasteiger partial charge on any atom is -0.359 e. The average molecular weight is 402 g/mol. The van der Waals surface area contributed by atoms with Crippen molar-refractivity contribution in [1.29, 1.82) is 0 Å². The van der Waals surface area contributed by atoms with E-state index in [-0.39, 0.29) is 22.3 Å². The van der Waals surface area contributed by atoms with Crippen LogP contribution in [0.15, 0.2) is 43.3 Å². The van der Waals surface area contributed by atoms with E-state index in [1.807, 2.05) is 0 Å². The number of hydrogen-bond donors (Lipinski definition) is 1. The first-order valence-electron chi connectivity index (χ1n) is 8.26. The molecule has 144 valence electrons. The molecule has 0 amide bonds. The second kappa shape index (κ2) is 6.15. The van der Waals surface area contributed by atoms with Gasteiger partial charge in [0.2, 0.25) is 0 Å². The van der Waals surface area contributed by atoms with Crippen molar-refractivity contribution < 1.29 is 17.1 Å². The summed E-state index contributed by atoms with van der Waals surface area (Å²) < 4.78 is 35.9. The SMILES string of the molecule is [C-]#[N+]C1(OS(=O)(=O)c2ccc3[nH]c(=O)n(Cc4cc(C)no4)c(=O)c3c2)CC1. The highest BCUT2D eigenvalue weighted by molar-refractivity contribution is 7.86. The molecule has 11 heteroatoms. The molecule has 28 heavy (non-hydrogen) atoms. The van der Waals surface area contributed by atoms with Crippen molar-refractivity contribution in [1.82, 2.24) is 14.7 Å². The number of aromatic nitrogens is 3. The summed E-state index contributed by atoms with van der Waals surface area (Å²) in [5.41, 5.74) is -1.91. The number of nitrogens with one attached hydrogen (secondary N) is 1. The van der Waals surface area contributed by atoms with Crippen molar-refractivity contribution in [2.24, 2.45) is 0 Å². The molecule has 1 N–H and O–H groups in total. The summed E-state index contributed by atoms with van der Waals surface area (Å²) in [5.74, 6) is 0.310. The van der Waals surface area contributed by atoms with Crippen LogP contribution in [0.3, 0.4) is 0 Å². The maximum Gasteiger partial charge on any atom is 0.351 e. The van der Waals surface area contributed by atoms with Crippen LogP contribution in [0.1, 0.15) is 24.3 Å². The number of aryl methyl sites for hydroxylation is 1. The van der Waals surface area contributed by atoms with Crippen molar-refractivity contribution in [2.45, 2.75) is 36.9 Å². The summed E-state index contributed by atoms with van der Waals surface area (Å²) in [6.45, 7) is 8.61. The van der Waals surface area contributed by atoms with E-state index in [1.165, 1.54) is 12.1 Å². The lowest BCUT2D eigenvalue weighted by atomic mass is 10.2. The number of fused-ring (bicyclic) bond motifs is 1. The highest BCUT2D eigenvalue weighted by Crippen LogP contribution is 2.43. The van der Waals surface area contributed by atoms with E-state index in [0.29, 0.717) is 24.3 Å². The molecule has 1 aliphatic rings. The van der Waals surface area contributed by atoms with Crippen LogP contribution < -0.4 is 11.2 Å². The van der Waals surface area contributed by atoms with Crippen LogP contribution >= 0.6 is 0 Å². The summed E-state index contributed by atoms with van der Waals surface area (Å²) in [4.78, 5) is 30.5. The Labute approximate surface area is 158 Å². The zero-order valence-electron chi connectivity index (χ0n) is 14.6. The van der Waals surface area contributed by atoms with Crippen molar-refractivity contribution in [3.63, 3.8) is 0 Å². The molecule has 0 unspecified atom stereocenters. The summed E-state index contributed by atoms with van der Waals surface area (Å²) >= 11 is 0. The maximum absolute atomic E-state index is 12.8. The van der Waals surface area contributed by atoms with E-state index in [2.05, 4.69) is 15.0 Å². The number of H-pyrrole nitrogens is 1. The molecule has 0 radical (unpaired) electrons. The van der Waals surface area contributed by atoms with Crippen LogP contribution in [0.5, 0.6) is 0 Å². The molecule has 1 fully saturated rings. The fraction of sp³-hybridized carbons (Fsp3) is 0.294. The van der Waals surface area contributed by atoms with Gasteiger partial charge in [-0.25, -0.2) is 11.4 Å². The van der Waals surface area contributed by atoms with Crippen molar-refractivity contribution in [3.05, 3.63) is 68.0 Å². The Morgan fingerprint density at radius 1 is 1.36 bits per heavy atom. The van der Waals surface area contributed by atoms with Crippen LogP contribution in [0.4, 0.5) is 0 Å². The van der Waals surface area contributed by atoms with E-state index in [1.54, 1.807) is 13.0 Å². The highest BCUT2D eigenvalue weighted by Gasteiger charge is 2.56. The number of benzene rings is 1. The molecule has 4 rings (SSSR count). The largest absolute Gasteiger partial charge is 0.359 e. The Morgan fingerprint density at radius 3 is 2.71 bits per heavy atom. The van der Waals surface area contributed by atoms with Crippen LogP contribution in [-0.4, -0.2) is 28.9 Å². The van der Waals surface area contributed by atoms with E-state index in [4.69, 9.17) is 15.3 Å². The predicted molar refractivity (Wildman–Crippen MR) is 96.0 cm³/mol. The van der Waals surface area contributed by atoms with Crippen molar-refractivity contribution >= 4 is 21.0 Å².